The molecule has 0 saturated carbocycles. The number of hydrogen-bond acceptors (Lipinski definition) is 4. The van der Waals surface area contributed by atoms with Crippen molar-refractivity contribution < 1.29 is 8.42 Å². The van der Waals surface area contributed by atoms with Gasteiger partial charge in [0.05, 0.1) is 12.3 Å². The van der Waals surface area contributed by atoms with Crippen LogP contribution in [0.1, 0.15) is 41.7 Å². The molecule has 1 atom stereocenters. The summed E-state index contributed by atoms with van der Waals surface area (Å²) in [5, 5.41) is 0. The minimum atomic E-state index is -3.23. The van der Waals surface area contributed by atoms with Crippen molar-refractivity contribution in [3.63, 3.8) is 0 Å². The standard InChI is InChI=1S/C17H21N3O2S/c1-13-11-15(12-14-7-4-3-5-8-14)19-17(18-13)16-9-6-10-20(16)23(2,21)22/h3-5,7-8,11,16H,6,9-10,12H2,1-2H3/t16-/m1/s1. The van der Waals surface area contributed by atoms with Gasteiger partial charge in [-0.3, -0.25) is 0 Å². The molecule has 2 aromatic rings. The molecule has 0 bridgehead atoms. The fourth-order valence-corrected chi connectivity index (χ4v) is 4.22. The van der Waals surface area contributed by atoms with Crippen molar-refractivity contribution in [3.8, 4) is 0 Å². The van der Waals surface area contributed by atoms with Gasteiger partial charge in [-0.05, 0) is 31.4 Å². The monoisotopic (exact) mass is 331 g/mol. The molecule has 0 N–H and O–H groups in total. The second kappa shape index (κ2) is 6.37. The maximum absolute atomic E-state index is 11.9. The van der Waals surface area contributed by atoms with Crippen LogP contribution in [0.15, 0.2) is 36.4 Å². The van der Waals surface area contributed by atoms with E-state index >= 15 is 0 Å². The molecule has 1 aromatic heterocycles. The van der Waals surface area contributed by atoms with E-state index in [9.17, 15) is 8.42 Å². The molecule has 1 aliphatic heterocycles. The van der Waals surface area contributed by atoms with E-state index in [0.717, 1.165) is 30.7 Å². The lowest BCUT2D eigenvalue weighted by atomic mass is 10.1. The summed E-state index contributed by atoms with van der Waals surface area (Å²) < 4.78 is 25.4. The Hall–Kier alpha value is -1.79. The molecular weight excluding hydrogens is 310 g/mol. The molecule has 0 amide bonds. The van der Waals surface area contributed by atoms with E-state index in [1.807, 2.05) is 31.2 Å². The topological polar surface area (TPSA) is 63.2 Å². The van der Waals surface area contributed by atoms with E-state index < -0.39 is 10.0 Å². The molecular formula is C17H21N3O2S. The zero-order valence-corrected chi connectivity index (χ0v) is 14.3. The van der Waals surface area contributed by atoms with E-state index in [1.165, 1.54) is 16.1 Å². The van der Waals surface area contributed by atoms with Crippen LogP contribution in [0, 0.1) is 6.92 Å². The maximum Gasteiger partial charge on any atom is 0.211 e. The Bertz CT molecular complexity index is 791. The molecule has 122 valence electrons. The number of nitrogens with zero attached hydrogens (tertiary/aromatic N) is 3. The lowest BCUT2D eigenvalue weighted by molar-refractivity contribution is 0.385. The molecule has 2 heterocycles. The van der Waals surface area contributed by atoms with Gasteiger partial charge in [0.15, 0.2) is 0 Å². The van der Waals surface area contributed by atoms with Crippen molar-refractivity contribution in [1.82, 2.24) is 14.3 Å². The Labute approximate surface area is 137 Å². The van der Waals surface area contributed by atoms with E-state index in [0.29, 0.717) is 12.4 Å². The largest absolute Gasteiger partial charge is 0.236 e. The molecule has 1 saturated heterocycles. The highest BCUT2D eigenvalue weighted by Gasteiger charge is 2.34. The molecule has 0 spiro atoms. The van der Waals surface area contributed by atoms with Crippen LogP contribution < -0.4 is 0 Å². The second-order valence-corrected chi connectivity index (χ2v) is 7.99. The lowest BCUT2D eigenvalue weighted by Crippen LogP contribution is -2.30. The third-order valence-electron chi connectivity index (χ3n) is 4.08. The van der Waals surface area contributed by atoms with E-state index in [4.69, 9.17) is 0 Å². The van der Waals surface area contributed by atoms with Gasteiger partial charge in [0.1, 0.15) is 5.82 Å². The summed E-state index contributed by atoms with van der Waals surface area (Å²) in [4.78, 5) is 9.16. The van der Waals surface area contributed by atoms with Crippen LogP contribution in [0.2, 0.25) is 0 Å². The van der Waals surface area contributed by atoms with Crippen molar-refractivity contribution in [1.29, 1.82) is 0 Å². The molecule has 3 rings (SSSR count). The summed E-state index contributed by atoms with van der Waals surface area (Å²) in [6.45, 7) is 2.48. The summed E-state index contributed by atoms with van der Waals surface area (Å²) in [6, 6.07) is 11.9. The number of hydrogen-bond donors (Lipinski definition) is 0. The molecule has 1 aromatic carbocycles. The zero-order valence-electron chi connectivity index (χ0n) is 13.4. The Morgan fingerprint density at radius 2 is 1.96 bits per heavy atom. The van der Waals surface area contributed by atoms with Gasteiger partial charge in [-0.15, -0.1) is 0 Å². The van der Waals surface area contributed by atoms with Crippen LogP contribution in [-0.4, -0.2) is 35.5 Å². The van der Waals surface area contributed by atoms with Crippen LogP contribution >= 0.6 is 0 Å². The van der Waals surface area contributed by atoms with Crippen molar-refractivity contribution >= 4 is 10.0 Å². The van der Waals surface area contributed by atoms with E-state index in [-0.39, 0.29) is 6.04 Å². The second-order valence-electron chi connectivity index (χ2n) is 6.05. The molecule has 0 unspecified atom stereocenters. The normalized spacial score (nSPS) is 19.1. The third-order valence-corrected chi connectivity index (χ3v) is 5.37. The van der Waals surface area contributed by atoms with E-state index in [2.05, 4.69) is 22.1 Å². The zero-order chi connectivity index (χ0) is 16.4. The van der Waals surface area contributed by atoms with Gasteiger partial charge in [0.2, 0.25) is 10.0 Å². The number of rotatable bonds is 4. The highest BCUT2D eigenvalue weighted by atomic mass is 32.2. The average Bonchev–Trinajstić information content (AvgIpc) is 2.97. The summed E-state index contributed by atoms with van der Waals surface area (Å²) in [5.74, 6) is 0.624. The third kappa shape index (κ3) is 3.76. The molecule has 6 heteroatoms. The molecule has 5 nitrogen and oxygen atoms in total. The molecule has 23 heavy (non-hydrogen) atoms. The number of aryl methyl sites for hydroxylation is 1. The van der Waals surface area contributed by atoms with Crippen LogP contribution in [0.25, 0.3) is 0 Å². The summed E-state index contributed by atoms with van der Waals surface area (Å²) in [5.41, 5.74) is 2.99. The predicted molar refractivity (Wildman–Crippen MR) is 89.5 cm³/mol. The van der Waals surface area contributed by atoms with E-state index in [1.54, 1.807) is 0 Å². The fourth-order valence-electron chi connectivity index (χ4n) is 3.10. The highest BCUT2D eigenvalue weighted by Crippen LogP contribution is 2.32. The molecule has 1 aliphatic rings. The van der Waals surface area contributed by atoms with Gasteiger partial charge in [-0.1, -0.05) is 30.3 Å². The fraction of sp³-hybridized carbons (Fsp3) is 0.412. The molecule has 0 radical (unpaired) electrons. The van der Waals surface area contributed by atoms with Crippen molar-refractivity contribution in [3.05, 3.63) is 59.2 Å². The van der Waals surface area contributed by atoms with Gasteiger partial charge in [0, 0.05) is 24.4 Å². The number of aromatic nitrogens is 2. The Kier molecular flexibility index (Phi) is 4.46. The van der Waals surface area contributed by atoms with Gasteiger partial charge >= 0.3 is 0 Å². The first kappa shape index (κ1) is 16.1. The SMILES string of the molecule is Cc1cc(Cc2ccccc2)nc([C@H]2CCCN2S(C)(=O)=O)n1. The van der Waals surface area contributed by atoms with Crippen LogP contribution in [0.3, 0.4) is 0 Å². The summed E-state index contributed by atoms with van der Waals surface area (Å²) in [6.07, 6.45) is 3.61. The first-order chi connectivity index (χ1) is 10.9. The lowest BCUT2D eigenvalue weighted by Gasteiger charge is -2.21. The Balaban J connectivity index is 1.91. The van der Waals surface area contributed by atoms with Crippen molar-refractivity contribution in [2.75, 3.05) is 12.8 Å². The minimum absolute atomic E-state index is 0.237. The highest BCUT2D eigenvalue weighted by molar-refractivity contribution is 7.88. The molecule has 1 fully saturated rings. The van der Waals surface area contributed by atoms with Crippen molar-refractivity contribution in [2.24, 2.45) is 0 Å². The predicted octanol–water partition coefficient (Wildman–Crippen LogP) is 2.47. The molecule has 0 aliphatic carbocycles. The Morgan fingerprint density at radius 3 is 2.65 bits per heavy atom. The van der Waals surface area contributed by atoms with Crippen molar-refractivity contribution in [2.45, 2.75) is 32.2 Å². The number of benzene rings is 1. The van der Waals surface area contributed by atoms with Gasteiger partial charge in [-0.25, -0.2) is 18.4 Å². The van der Waals surface area contributed by atoms with Crippen LogP contribution in [-0.2, 0) is 16.4 Å². The minimum Gasteiger partial charge on any atom is -0.236 e. The van der Waals surface area contributed by atoms with Crippen LogP contribution in [0.4, 0.5) is 0 Å². The van der Waals surface area contributed by atoms with Gasteiger partial charge < -0.3 is 0 Å². The first-order valence-corrected chi connectivity index (χ1v) is 9.63. The maximum atomic E-state index is 11.9. The van der Waals surface area contributed by atoms with Gasteiger partial charge in [0.25, 0.3) is 0 Å². The Morgan fingerprint density at radius 1 is 1.22 bits per heavy atom. The van der Waals surface area contributed by atoms with Gasteiger partial charge in [-0.2, -0.15) is 4.31 Å². The van der Waals surface area contributed by atoms with Crippen LogP contribution in [0.5, 0.6) is 0 Å². The first-order valence-electron chi connectivity index (χ1n) is 7.79. The summed E-state index contributed by atoms with van der Waals surface area (Å²) in [7, 11) is -3.23. The summed E-state index contributed by atoms with van der Waals surface area (Å²) >= 11 is 0. The average molecular weight is 331 g/mol. The number of sulfonamides is 1. The smallest absolute Gasteiger partial charge is 0.211 e. The quantitative estimate of drug-likeness (QED) is 0.863.